The molecule has 7 nitrogen and oxygen atoms in total. The van der Waals surface area contributed by atoms with Gasteiger partial charge in [0.1, 0.15) is 0 Å². The lowest BCUT2D eigenvalue weighted by molar-refractivity contribution is -0.128. The van der Waals surface area contributed by atoms with E-state index in [1.165, 1.54) is 5.56 Å². The van der Waals surface area contributed by atoms with Crippen LogP contribution in [0.15, 0.2) is 60.9 Å². The van der Waals surface area contributed by atoms with E-state index in [2.05, 4.69) is 27.5 Å². The maximum Gasteiger partial charge on any atom is 0.246 e. The minimum Gasteiger partial charge on any atom is -0.368 e. The third-order valence-corrected chi connectivity index (χ3v) is 7.89. The molecule has 0 unspecified atom stereocenters. The molecule has 2 aromatic heterocycles. The number of aromatic nitrogens is 2. The van der Waals surface area contributed by atoms with Crippen LogP contribution in [0.3, 0.4) is 0 Å². The number of hydrogen-bond donors (Lipinski definition) is 3. The summed E-state index contributed by atoms with van der Waals surface area (Å²) in [5, 5.41) is 3.60. The molecule has 0 radical (unpaired) electrons. The molecule has 36 heavy (non-hydrogen) atoms. The molecule has 188 valence electrons. The van der Waals surface area contributed by atoms with Crippen molar-refractivity contribution in [3.8, 4) is 0 Å². The van der Waals surface area contributed by atoms with Crippen LogP contribution in [0.25, 0.3) is 17.1 Å². The third kappa shape index (κ3) is 5.51. The molecule has 2 aliphatic rings. The number of pyridine rings is 1. The molecule has 1 aliphatic heterocycles. The number of aromatic amines is 1. The number of nitrogens with one attached hydrogen (secondary N) is 2. The number of primary amides is 1. The van der Waals surface area contributed by atoms with Gasteiger partial charge in [-0.25, -0.2) is 0 Å². The molecule has 1 saturated heterocycles. The van der Waals surface area contributed by atoms with Crippen LogP contribution in [0, 0.1) is 5.92 Å². The highest BCUT2D eigenvalue weighted by atomic mass is 16.2. The monoisotopic (exact) mass is 485 g/mol. The Morgan fingerprint density at radius 2 is 1.78 bits per heavy atom. The van der Waals surface area contributed by atoms with Crippen molar-refractivity contribution in [2.75, 3.05) is 13.1 Å². The van der Waals surface area contributed by atoms with Crippen LogP contribution in [0.4, 0.5) is 0 Å². The number of piperidine rings is 1. The van der Waals surface area contributed by atoms with E-state index in [1.807, 2.05) is 53.6 Å². The Hall–Kier alpha value is -3.45. The fourth-order valence-corrected chi connectivity index (χ4v) is 5.85. The van der Waals surface area contributed by atoms with Crippen molar-refractivity contribution in [3.05, 3.63) is 72.1 Å². The molecule has 7 heteroatoms. The Morgan fingerprint density at radius 1 is 1.03 bits per heavy atom. The van der Waals surface area contributed by atoms with Gasteiger partial charge in [-0.2, -0.15) is 0 Å². The van der Waals surface area contributed by atoms with E-state index in [4.69, 9.17) is 5.73 Å². The number of likely N-dealkylation sites (tertiary alicyclic amines) is 1. The van der Waals surface area contributed by atoms with E-state index in [0.29, 0.717) is 19.0 Å². The van der Waals surface area contributed by atoms with E-state index >= 15 is 0 Å². The number of fused-ring (bicyclic) bond motifs is 1. The van der Waals surface area contributed by atoms with Crippen LogP contribution in [0.1, 0.15) is 55.6 Å². The molecule has 1 saturated carbocycles. The van der Waals surface area contributed by atoms with Crippen LogP contribution in [-0.2, 0) is 9.59 Å². The van der Waals surface area contributed by atoms with Crippen LogP contribution in [0.5, 0.6) is 0 Å². The van der Waals surface area contributed by atoms with Gasteiger partial charge in [-0.3, -0.25) is 14.6 Å². The number of nitrogens with two attached hydrogens (primary N) is 1. The number of amides is 2. The topological polar surface area (TPSA) is 104 Å². The van der Waals surface area contributed by atoms with Crippen molar-refractivity contribution < 1.29 is 9.59 Å². The minimum atomic E-state index is -0.349. The van der Waals surface area contributed by atoms with Crippen molar-refractivity contribution >= 4 is 28.9 Å². The first-order valence-electron chi connectivity index (χ1n) is 13.1. The first-order valence-corrected chi connectivity index (χ1v) is 13.1. The van der Waals surface area contributed by atoms with E-state index in [0.717, 1.165) is 55.1 Å². The van der Waals surface area contributed by atoms with Crippen LogP contribution >= 0.6 is 0 Å². The quantitative estimate of drug-likeness (QED) is 0.440. The number of H-pyrrole nitrogens is 1. The molecule has 4 N–H and O–H groups in total. The summed E-state index contributed by atoms with van der Waals surface area (Å²) >= 11 is 0. The number of rotatable bonds is 7. The molecule has 0 bridgehead atoms. The SMILES string of the molecule is NC(=O)[C@H](NC1CCC(c2c[nH]c3cccnc23)CC1)C1CCN(C(=O)/C=C/c2ccccc2)CC1. The summed E-state index contributed by atoms with van der Waals surface area (Å²) in [4.78, 5) is 34.8. The first-order chi connectivity index (χ1) is 17.6. The van der Waals surface area contributed by atoms with Crippen LogP contribution < -0.4 is 11.1 Å². The van der Waals surface area contributed by atoms with Gasteiger partial charge in [0.15, 0.2) is 0 Å². The summed E-state index contributed by atoms with van der Waals surface area (Å²) in [5.41, 5.74) is 10.3. The van der Waals surface area contributed by atoms with Gasteiger partial charge in [0.25, 0.3) is 0 Å². The van der Waals surface area contributed by atoms with Crippen molar-refractivity contribution in [2.45, 2.75) is 56.5 Å². The summed E-state index contributed by atoms with van der Waals surface area (Å²) in [7, 11) is 0. The molecule has 5 rings (SSSR count). The average molecular weight is 486 g/mol. The van der Waals surface area contributed by atoms with Crippen molar-refractivity contribution in [3.63, 3.8) is 0 Å². The van der Waals surface area contributed by atoms with Crippen molar-refractivity contribution in [2.24, 2.45) is 11.7 Å². The normalized spacial score (nSPS) is 22.2. The van der Waals surface area contributed by atoms with E-state index in [9.17, 15) is 9.59 Å². The number of carbonyl (C=O) groups excluding carboxylic acids is 2. The van der Waals surface area contributed by atoms with Crippen molar-refractivity contribution in [1.29, 1.82) is 0 Å². The minimum absolute atomic E-state index is 0.0194. The summed E-state index contributed by atoms with van der Waals surface area (Å²) in [5.74, 6) is 0.370. The molecular formula is C29H35N5O2. The second-order valence-electron chi connectivity index (χ2n) is 10.1. The van der Waals surface area contributed by atoms with Gasteiger partial charge >= 0.3 is 0 Å². The predicted molar refractivity (Wildman–Crippen MR) is 142 cm³/mol. The second kappa shape index (κ2) is 11.1. The zero-order valence-electron chi connectivity index (χ0n) is 20.6. The molecule has 3 heterocycles. The van der Waals surface area contributed by atoms with Crippen LogP contribution in [0.2, 0.25) is 0 Å². The van der Waals surface area contributed by atoms with E-state index in [-0.39, 0.29) is 29.8 Å². The molecule has 0 spiro atoms. The van der Waals surface area contributed by atoms with Gasteiger partial charge in [-0.05, 0) is 79.7 Å². The lowest BCUT2D eigenvalue weighted by Crippen LogP contribution is -2.54. The molecule has 1 atom stereocenters. The highest BCUT2D eigenvalue weighted by Crippen LogP contribution is 2.36. The highest BCUT2D eigenvalue weighted by Gasteiger charge is 2.34. The first kappa shape index (κ1) is 24.3. The number of hydrogen-bond acceptors (Lipinski definition) is 4. The smallest absolute Gasteiger partial charge is 0.246 e. The van der Waals surface area contributed by atoms with Gasteiger partial charge in [-0.15, -0.1) is 0 Å². The highest BCUT2D eigenvalue weighted by molar-refractivity contribution is 5.91. The largest absolute Gasteiger partial charge is 0.368 e. The number of nitrogens with zero attached hydrogens (tertiary/aromatic N) is 2. The Balaban J connectivity index is 1.12. The number of carbonyl (C=O) groups is 2. The molecule has 1 aromatic carbocycles. The van der Waals surface area contributed by atoms with Crippen molar-refractivity contribution in [1.82, 2.24) is 20.2 Å². The Morgan fingerprint density at radius 3 is 2.50 bits per heavy atom. The van der Waals surface area contributed by atoms with Gasteiger partial charge in [0.05, 0.1) is 17.1 Å². The molecular weight excluding hydrogens is 450 g/mol. The summed E-state index contributed by atoms with van der Waals surface area (Å²) in [6.07, 6.45) is 13.1. The van der Waals surface area contributed by atoms with Gasteiger partial charge < -0.3 is 20.9 Å². The lowest BCUT2D eigenvalue weighted by Gasteiger charge is -2.38. The lowest BCUT2D eigenvalue weighted by atomic mass is 9.81. The van der Waals surface area contributed by atoms with Gasteiger partial charge in [0, 0.05) is 37.6 Å². The summed E-state index contributed by atoms with van der Waals surface area (Å²) in [6, 6.07) is 13.8. The summed E-state index contributed by atoms with van der Waals surface area (Å²) in [6.45, 7) is 1.29. The van der Waals surface area contributed by atoms with Gasteiger partial charge in [-0.1, -0.05) is 30.3 Å². The standard InChI is InChI=1S/C29H35N5O2/c30-29(36)27(22-14-17-34(18-15-22)26(35)13-8-20-5-2-1-3-6-20)33-23-11-9-21(10-12-23)24-19-32-25-7-4-16-31-28(24)25/h1-8,13,16,19,21-23,27,32-33H,9-12,14-15,17-18H2,(H2,30,36)/b13-8+/t21?,23?,27-/m1/s1. The third-order valence-electron chi connectivity index (χ3n) is 7.89. The fraction of sp³-hybridized carbons (Fsp3) is 0.414. The zero-order valence-corrected chi connectivity index (χ0v) is 20.6. The Labute approximate surface area is 212 Å². The Kier molecular flexibility index (Phi) is 7.47. The fourth-order valence-electron chi connectivity index (χ4n) is 5.85. The van der Waals surface area contributed by atoms with Gasteiger partial charge in [0.2, 0.25) is 11.8 Å². The summed E-state index contributed by atoms with van der Waals surface area (Å²) < 4.78 is 0. The maximum atomic E-state index is 12.6. The van der Waals surface area contributed by atoms with Crippen LogP contribution in [-0.4, -0.2) is 51.9 Å². The molecule has 2 amide bonds. The van der Waals surface area contributed by atoms with E-state index < -0.39 is 0 Å². The second-order valence-corrected chi connectivity index (χ2v) is 10.1. The zero-order chi connectivity index (χ0) is 24.9. The molecule has 2 fully saturated rings. The molecule has 3 aromatic rings. The van der Waals surface area contributed by atoms with E-state index in [1.54, 1.807) is 6.08 Å². The predicted octanol–water partition coefficient (Wildman–Crippen LogP) is 3.98. The maximum absolute atomic E-state index is 12.6. The molecule has 1 aliphatic carbocycles. The Bertz CT molecular complexity index is 1200. The number of benzene rings is 1. The average Bonchev–Trinajstić information content (AvgIpc) is 3.35.